The zero-order chi connectivity index (χ0) is 13.0. The summed E-state index contributed by atoms with van der Waals surface area (Å²) in [4.78, 5) is 12.1. The Morgan fingerprint density at radius 1 is 1.56 bits per heavy atom. The van der Waals surface area contributed by atoms with Gasteiger partial charge in [0.25, 0.3) is 5.91 Å². The summed E-state index contributed by atoms with van der Waals surface area (Å²) in [5, 5.41) is 6.46. The van der Waals surface area contributed by atoms with Crippen molar-refractivity contribution in [1.29, 1.82) is 0 Å². The van der Waals surface area contributed by atoms with Crippen molar-refractivity contribution in [3.63, 3.8) is 0 Å². The summed E-state index contributed by atoms with van der Waals surface area (Å²) in [5.41, 5.74) is 0.751. The molecule has 18 heavy (non-hydrogen) atoms. The SMILES string of the molecule is CC(C)n1cccc1C(=O)NCC1CCCCN1. The fourth-order valence-corrected chi connectivity index (χ4v) is 2.44. The van der Waals surface area contributed by atoms with E-state index in [4.69, 9.17) is 0 Å². The summed E-state index contributed by atoms with van der Waals surface area (Å²) >= 11 is 0. The number of nitrogens with zero attached hydrogens (tertiary/aromatic N) is 1. The van der Waals surface area contributed by atoms with E-state index < -0.39 is 0 Å². The number of carbonyl (C=O) groups is 1. The second-order valence-corrected chi connectivity index (χ2v) is 5.25. The zero-order valence-corrected chi connectivity index (χ0v) is 11.3. The summed E-state index contributed by atoms with van der Waals surface area (Å²) in [6.07, 6.45) is 5.63. The quantitative estimate of drug-likeness (QED) is 0.856. The van der Waals surface area contributed by atoms with E-state index in [2.05, 4.69) is 24.5 Å². The molecule has 4 heteroatoms. The monoisotopic (exact) mass is 249 g/mol. The summed E-state index contributed by atoms with van der Waals surface area (Å²) in [6.45, 7) is 5.96. The van der Waals surface area contributed by atoms with Gasteiger partial charge in [0.15, 0.2) is 0 Å². The fourth-order valence-electron chi connectivity index (χ4n) is 2.44. The largest absolute Gasteiger partial charge is 0.349 e. The Morgan fingerprint density at radius 3 is 3.06 bits per heavy atom. The molecular formula is C14H23N3O. The van der Waals surface area contributed by atoms with Crippen LogP contribution in [0.2, 0.25) is 0 Å². The highest BCUT2D eigenvalue weighted by Gasteiger charge is 2.16. The van der Waals surface area contributed by atoms with Crippen LogP contribution in [0.3, 0.4) is 0 Å². The van der Waals surface area contributed by atoms with Gasteiger partial charge in [-0.15, -0.1) is 0 Å². The molecule has 2 N–H and O–H groups in total. The molecule has 1 unspecified atom stereocenters. The van der Waals surface area contributed by atoms with Crippen LogP contribution in [0, 0.1) is 0 Å². The van der Waals surface area contributed by atoms with Gasteiger partial charge in [-0.25, -0.2) is 0 Å². The van der Waals surface area contributed by atoms with Crippen molar-refractivity contribution >= 4 is 5.91 Å². The van der Waals surface area contributed by atoms with Gasteiger partial charge in [-0.05, 0) is 45.4 Å². The number of carbonyl (C=O) groups excluding carboxylic acids is 1. The minimum atomic E-state index is 0.0288. The van der Waals surface area contributed by atoms with E-state index in [-0.39, 0.29) is 5.91 Å². The number of hydrogen-bond acceptors (Lipinski definition) is 2. The lowest BCUT2D eigenvalue weighted by atomic mass is 10.1. The van der Waals surface area contributed by atoms with Gasteiger partial charge in [0.1, 0.15) is 5.69 Å². The lowest BCUT2D eigenvalue weighted by molar-refractivity contribution is 0.0937. The molecule has 0 radical (unpaired) electrons. The molecule has 2 heterocycles. The highest BCUT2D eigenvalue weighted by molar-refractivity contribution is 5.92. The van der Waals surface area contributed by atoms with Crippen LogP contribution in [0.25, 0.3) is 0 Å². The molecule has 100 valence electrons. The maximum Gasteiger partial charge on any atom is 0.267 e. The van der Waals surface area contributed by atoms with Gasteiger partial charge in [-0.3, -0.25) is 4.79 Å². The molecule has 0 aromatic carbocycles. The predicted molar refractivity (Wildman–Crippen MR) is 72.8 cm³/mol. The molecule has 1 saturated heterocycles. The van der Waals surface area contributed by atoms with Gasteiger partial charge in [0, 0.05) is 24.8 Å². The van der Waals surface area contributed by atoms with Gasteiger partial charge in [0.2, 0.25) is 0 Å². The van der Waals surface area contributed by atoms with Crippen LogP contribution in [-0.4, -0.2) is 29.6 Å². The van der Waals surface area contributed by atoms with Gasteiger partial charge in [0.05, 0.1) is 0 Å². The minimum Gasteiger partial charge on any atom is -0.349 e. The Morgan fingerprint density at radius 2 is 2.39 bits per heavy atom. The summed E-state index contributed by atoms with van der Waals surface area (Å²) in [7, 11) is 0. The molecule has 1 atom stereocenters. The van der Waals surface area contributed by atoms with Crippen molar-refractivity contribution in [2.75, 3.05) is 13.1 Å². The van der Waals surface area contributed by atoms with Crippen LogP contribution in [0.4, 0.5) is 0 Å². The van der Waals surface area contributed by atoms with E-state index in [1.165, 1.54) is 12.8 Å². The summed E-state index contributed by atoms with van der Waals surface area (Å²) in [6, 6.07) is 4.55. The number of hydrogen-bond donors (Lipinski definition) is 2. The summed E-state index contributed by atoms with van der Waals surface area (Å²) < 4.78 is 2.00. The highest BCUT2D eigenvalue weighted by atomic mass is 16.1. The van der Waals surface area contributed by atoms with Crippen LogP contribution < -0.4 is 10.6 Å². The van der Waals surface area contributed by atoms with Crippen molar-refractivity contribution in [3.8, 4) is 0 Å². The van der Waals surface area contributed by atoms with Crippen LogP contribution >= 0.6 is 0 Å². The molecule has 2 rings (SSSR count). The van der Waals surface area contributed by atoms with Crippen molar-refractivity contribution in [2.24, 2.45) is 0 Å². The van der Waals surface area contributed by atoms with Crippen LogP contribution in [0.15, 0.2) is 18.3 Å². The predicted octanol–water partition coefficient (Wildman–Crippen LogP) is 1.94. The smallest absolute Gasteiger partial charge is 0.267 e. The summed E-state index contributed by atoms with van der Waals surface area (Å²) in [5.74, 6) is 0.0288. The standard InChI is InChI=1S/C14H23N3O/c1-11(2)17-9-5-7-13(17)14(18)16-10-12-6-3-4-8-15-12/h5,7,9,11-12,15H,3-4,6,8,10H2,1-2H3,(H,16,18). The number of nitrogens with one attached hydrogen (secondary N) is 2. The number of amides is 1. The van der Waals surface area contributed by atoms with Crippen molar-refractivity contribution in [2.45, 2.75) is 45.2 Å². The van der Waals surface area contributed by atoms with E-state index in [1.807, 2.05) is 22.9 Å². The first-order chi connectivity index (χ1) is 8.68. The van der Waals surface area contributed by atoms with Gasteiger partial charge in [-0.2, -0.15) is 0 Å². The van der Waals surface area contributed by atoms with E-state index >= 15 is 0 Å². The first kappa shape index (κ1) is 13.1. The Bertz CT molecular complexity index is 391. The second kappa shape index (κ2) is 6.05. The van der Waals surface area contributed by atoms with E-state index in [1.54, 1.807) is 0 Å². The fraction of sp³-hybridized carbons (Fsp3) is 0.643. The second-order valence-electron chi connectivity index (χ2n) is 5.25. The van der Waals surface area contributed by atoms with Crippen LogP contribution in [0.1, 0.15) is 49.6 Å². The van der Waals surface area contributed by atoms with Crippen molar-refractivity contribution in [1.82, 2.24) is 15.2 Å². The molecule has 1 aromatic rings. The third-order valence-corrected chi connectivity index (χ3v) is 3.49. The first-order valence-corrected chi connectivity index (χ1v) is 6.87. The molecule has 1 amide bonds. The molecule has 1 aliphatic rings. The maximum absolute atomic E-state index is 12.1. The average molecular weight is 249 g/mol. The Kier molecular flexibility index (Phi) is 4.42. The molecule has 1 fully saturated rings. The zero-order valence-electron chi connectivity index (χ0n) is 11.3. The van der Waals surface area contributed by atoms with Gasteiger partial charge >= 0.3 is 0 Å². The lowest BCUT2D eigenvalue weighted by Crippen LogP contribution is -2.43. The molecule has 1 aliphatic heterocycles. The molecule has 1 aromatic heterocycles. The third kappa shape index (κ3) is 3.13. The van der Waals surface area contributed by atoms with E-state index in [0.717, 1.165) is 25.2 Å². The number of aromatic nitrogens is 1. The average Bonchev–Trinajstić information content (AvgIpc) is 2.86. The minimum absolute atomic E-state index is 0.0288. The van der Waals surface area contributed by atoms with Gasteiger partial charge < -0.3 is 15.2 Å². The molecule has 0 saturated carbocycles. The van der Waals surface area contributed by atoms with Crippen molar-refractivity contribution in [3.05, 3.63) is 24.0 Å². The molecule has 0 bridgehead atoms. The number of piperidine rings is 1. The highest BCUT2D eigenvalue weighted by Crippen LogP contribution is 2.11. The Labute approximate surface area is 109 Å². The Hall–Kier alpha value is -1.29. The molecule has 0 spiro atoms. The van der Waals surface area contributed by atoms with E-state index in [9.17, 15) is 4.79 Å². The lowest BCUT2D eigenvalue weighted by Gasteiger charge is -2.23. The van der Waals surface area contributed by atoms with Gasteiger partial charge in [-0.1, -0.05) is 6.42 Å². The topological polar surface area (TPSA) is 46.1 Å². The third-order valence-electron chi connectivity index (χ3n) is 3.49. The normalized spacial score (nSPS) is 20.1. The number of rotatable bonds is 4. The van der Waals surface area contributed by atoms with Crippen molar-refractivity contribution < 1.29 is 4.79 Å². The maximum atomic E-state index is 12.1. The molecular weight excluding hydrogens is 226 g/mol. The molecule has 4 nitrogen and oxygen atoms in total. The van der Waals surface area contributed by atoms with Crippen LogP contribution in [0.5, 0.6) is 0 Å². The van der Waals surface area contributed by atoms with Crippen LogP contribution in [-0.2, 0) is 0 Å². The first-order valence-electron chi connectivity index (χ1n) is 6.87. The Balaban J connectivity index is 1.89. The van der Waals surface area contributed by atoms with E-state index in [0.29, 0.717) is 12.1 Å². The molecule has 0 aliphatic carbocycles.